The number of hydrogen-bond donors (Lipinski definition) is 0. The fraction of sp³-hybridized carbons (Fsp3) is 1.00. The van der Waals surface area contributed by atoms with Gasteiger partial charge < -0.3 is 4.48 Å². The maximum Gasteiger partial charge on any atom is 0.135 e. The van der Waals surface area contributed by atoms with Gasteiger partial charge >= 0.3 is 0 Å². The lowest BCUT2D eigenvalue weighted by Gasteiger charge is -2.35. The Balaban J connectivity index is 2.62. The number of likely N-dealkylation sites (N-methyl/N-ethyl adjacent to an activating group) is 1. The summed E-state index contributed by atoms with van der Waals surface area (Å²) in [5, 5.41) is 0. The molecule has 0 bridgehead atoms. The van der Waals surface area contributed by atoms with E-state index >= 15 is 0 Å². The molecule has 1 aliphatic heterocycles. The van der Waals surface area contributed by atoms with Crippen molar-refractivity contribution in [3.8, 4) is 0 Å². The Kier molecular flexibility index (Phi) is 3.03. The van der Waals surface area contributed by atoms with E-state index in [1.54, 1.807) is 0 Å². The van der Waals surface area contributed by atoms with Crippen molar-refractivity contribution in [2.45, 2.75) is 40.2 Å². The van der Waals surface area contributed by atoms with Crippen molar-refractivity contribution in [1.29, 1.82) is 0 Å². The number of rotatable bonds is 2. The largest absolute Gasteiger partial charge is 0.310 e. The average molecular weight is 185 g/mol. The van der Waals surface area contributed by atoms with Crippen LogP contribution in [-0.2, 0) is 0 Å². The fourth-order valence-corrected chi connectivity index (χ4v) is 2.12. The highest BCUT2D eigenvalue weighted by Gasteiger charge is 2.38. The van der Waals surface area contributed by atoms with Gasteiger partial charge in [0.05, 0.1) is 26.2 Å². The van der Waals surface area contributed by atoms with Crippen LogP contribution >= 0.6 is 0 Å². The third-order valence-electron chi connectivity index (χ3n) is 3.61. The molecule has 0 aromatic rings. The molecule has 78 valence electrons. The van der Waals surface area contributed by atoms with Crippen LogP contribution in [0.25, 0.3) is 0 Å². The molecule has 1 fully saturated rings. The van der Waals surface area contributed by atoms with Gasteiger partial charge in [-0.15, -0.1) is 0 Å². The Morgan fingerprint density at radius 3 is 1.92 bits per heavy atom. The van der Waals surface area contributed by atoms with Crippen LogP contribution in [0.4, 0.5) is 0 Å². The highest BCUT2D eigenvalue weighted by molar-refractivity contribution is 4.77. The highest BCUT2D eigenvalue weighted by Crippen LogP contribution is 2.23. The summed E-state index contributed by atoms with van der Waals surface area (Å²) in [5.74, 6) is 0. The predicted octanol–water partition coefficient (Wildman–Crippen LogP) is 1.91. The minimum Gasteiger partial charge on any atom is -0.310 e. The van der Waals surface area contributed by atoms with E-state index in [2.05, 4.69) is 39.5 Å². The second kappa shape index (κ2) is 3.58. The topological polar surface area (TPSA) is 3.24 Å². The summed E-state index contributed by atoms with van der Waals surface area (Å²) in [4.78, 5) is 2.61. The first-order valence-corrected chi connectivity index (χ1v) is 5.54. The summed E-state index contributed by atoms with van der Waals surface area (Å²) >= 11 is 0. The maximum absolute atomic E-state index is 2.61. The molecule has 0 aromatic heterocycles. The molecule has 0 aliphatic carbocycles. The van der Waals surface area contributed by atoms with Crippen molar-refractivity contribution in [2.24, 2.45) is 0 Å². The van der Waals surface area contributed by atoms with Crippen molar-refractivity contribution in [3.05, 3.63) is 0 Å². The molecule has 1 saturated heterocycles. The molecule has 0 radical (unpaired) electrons. The van der Waals surface area contributed by atoms with E-state index in [1.165, 1.54) is 37.3 Å². The summed E-state index contributed by atoms with van der Waals surface area (Å²) in [6, 6.07) is 0. The molecule has 0 spiro atoms. The summed E-state index contributed by atoms with van der Waals surface area (Å²) < 4.78 is 1.29. The van der Waals surface area contributed by atoms with E-state index in [0.29, 0.717) is 5.54 Å². The minimum atomic E-state index is 0.352. The van der Waals surface area contributed by atoms with Gasteiger partial charge in [-0.05, 0) is 34.6 Å². The van der Waals surface area contributed by atoms with E-state index in [0.717, 1.165) is 0 Å². The van der Waals surface area contributed by atoms with Crippen molar-refractivity contribution in [3.63, 3.8) is 0 Å². The quantitative estimate of drug-likeness (QED) is 0.594. The van der Waals surface area contributed by atoms with Gasteiger partial charge in [-0.3, -0.25) is 0 Å². The van der Waals surface area contributed by atoms with Crippen LogP contribution in [0, 0.1) is 0 Å². The van der Waals surface area contributed by atoms with Crippen molar-refractivity contribution in [1.82, 2.24) is 4.90 Å². The normalized spacial score (nSPS) is 23.8. The molecular formula is C11H25N2+. The van der Waals surface area contributed by atoms with Gasteiger partial charge in [0.15, 0.2) is 0 Å². The van der Waals surface area contributed by atoms with E-state index in [4.69, 9.17) is 0 Å². The Bertz CT molecular complexity index is 165. The fourth-order valence-electron chi connectivity index (χ4n) is 2.12. The lowest BCUT2D eigenvalue weighted by Crippen LogP contribution is -2.49. The Labute approximate surface area is 83.1 Å². The lowest BCUT2D eigenvalue weighted by atomic mass is 10.1. The molecule has 0 saturated carbocycles. The molecular weight excluding hydrogens is 160 g/mol. The molecule has 0 aromatic carbocycles. The van der Waals surface area contributed by atoms with Crippen molar-refractivity contribution in [2.75, 3.05) is 32.8 Å². The molecule has 0 amide bonds. The van der Waals surface area contributed by atoms with Gasteiger partial charge in [0.25, 0.3) is 0 Å². The molecule has 2 nitrogen and oxygen atoms in total. The summed E-state index contributed by atoms with van der Waals surface area (Å²) in [7, 11) is 0. The van der Waals surface area contributed by atoms with Gasteiger partial charge in [0.2, 0.25) is 0 Å². The van der Waals surface area contributed by atoms with Gasteiger partial charge in [-0.2, -0.15) is 0 Å². The van der Waals surface area contributed by atoms with Crippen LogP contribution in [-0.4, -0.2) is 47.8 Å². The number of quaternary nitrogens is 1. The van der Waals surface area contributed by atoms with E-state index < -0.39 is 0 Å². The van der Waals surface area contributed by atoms with E-state index in [1.807, 2.05) is 0 Å². The predicted molar refractivity (Wildman–Crippen MR) is 57.5 cm³/mol. The van der Waals surface area contributed by atoms with Crippen LogP contribution in [0.2, 0.25) is 0 Å². The number of nitrogens with zero attached hydrogens (tertiary/aromatic N) is 2. The zero-order valence-electron chi connectivity index (χ0n) is 9.93. The molecule has 1 rings (SSSR count). The van der Waals surface area contributed by atoms with Crippen LogP contribution in [0.3, 0.4) is 0 Å². The molecule has 0 unspecified atom stereocenters. The first-order chi connectivity index (χ1) is 5.93. The Hall–Kier alpha value is -0.0800. The average Bonchev–Trinajstić information content (AvgIpc) is 2.48. The van der Waals surface area contributed by atoms with Gasteiger partial charge in [0.1, 0.15) is 6.67 Å². The monoisotopic (exact) mass is 185 g/mol. The van der Waals surface area contributed by atoms with Gasteiger partial charge in [-0.1, -0.05) is 0 Å². The van der Waals surface area contributed by atoms with Crippen LogP contribution in [0.1, 0.15) is 34.6 Å². The van der Waals surface area contributed by atoms with Gasteiger partial charge in [0, 0.05) is 5.54 Å². The molecule has 13 heavy (non-hydrogen) atoms. The SMILES string of the molecule is CC[N+]1(CC)CCN(C(C)(C)C)C1. The molecule has 2 heteroatoms. The molecule has 1 aliphatic rings. The summed E-state index contributed by atoms with van der Waals surface area (Å²) in [6.07, 6.45) is 0. The summed E-state index contributed by atoms with van der Waals surface area (Å²) in [6.45, 7) is 18.0. The number of hydrogen-bond acceptors (Lipinski definition) is 1. The van der Waals surface area contributed by atoms with Crippen LogP contribution < -0.4 is 0 Å². The maximum atomic E-state index is 2.61. The minimum absolute atomic E-state index is 0.352. The third kappa shape index (κ3) is 2.23. The molecule has 0 atom stereocenters. The lowest BCUT2D eigenvalue weighted by molar-refractivity contribution is -0.917. The zero-order valence-corrected chi connectivity index (χ0v) is 9.93. The van der Waals surface area contributed by atoms with Crippen molar-refractivity contribution >= 4 is 0 Å². The molecule has 1 heterocycles. The molecule has 0 N–H and O–H groups in total. The Morgan fingerprint density at radius 1 is 1.15 bits per heavy atom. The van der Waals surface area contributed by atoms with E-state index in [-0.39, 0.29) is 0 Å². The Morgan fingerprint density at radius 2 is 1.69 bits per heavy atom. The second-order valence-corrected chi connectivity index (χ2v) is 5.27. The zero-order chi connectivity index (χ0) is 10.1. The smallest absolute Gasteiger partial charge is 0.135 e. The standard InChI is InChI=1S/C11H25N2/c1-6-13(7-2)9-8-12(10-13)11(3,4)5/h6-10H2,1-5H3/q+1. The van der Waals surface area contributed by atoms with Crippen molar-refractivity contribution < 1.29 is 4.48 Å². The first kappa shape index (κ1) is 11.0. The van der Waals surface area contributed by atoms with Gasteiger partial charge in [-0.25, -0.2) is 4.90 Å². The van der Waals surface area contributed by atoms with Crippen LogP contribution in [0.5, 0.6) is 0 Å². The van der Waals surface area contributed by atoms with E-state index in [9.17, 15) is 0 Å². The summed E-state index contributed by atoms with van der Waals surface area (Å²) in [5.41, 5.74) is 0.352. The highest BCUT2D eigenvalue weighted by atomic mass is 15.5. The third-order valence-corrected chi connectivity index (χ3v) is 3.61. The first-order valence-electron chi connectivity index (χ1n) is 5.54. The van der Waals surface area contributed by atoms with Crippen LogP contribution in [0.15, 0.2) is 0 Å². The second-order valence-electron chi connectivity index (χ2n) is 5.27.